The van der Waals surface area contributed by atoms with E-state index in [-0.39, 0.29) is 6.61 Å². The summed E-state index contributed by atoms with van der Waals surface area (Å²) in [6.45, 7) is 7.08. The third-order valence-corrected chi connectivity index (χ3v) is 4.57. The number of nitrogens with zero attached hydrogens (tertiary/aromatic N) is 2. The molecule has 1 aromatic heterocycles. The molecule has 0 aliphatic carbocycles. The van der Waals surface area contributed by atoms with E-state index < -0.39 is 0 Å². The van der Waals surface area contributed by atoms with Gasteiger partial charge in [0, 0.05) is 25.9 Å². The van der Waals surface area contributed by atoms with Crippen molar-refractivity contribution in [1.29, 1.82) is 0 Å². The van der Waals surface area contributed by atoms with Crippen molar-refractivity contribution in [3.63, 3.8) is 0 Å². The van der Waals surface area contributed by atoms with Gasteiger partial charge in [0.25, 0.3) is 0 Å². The Labute approximate surface area is 174 Å². The van der Waals surface area contributed by atoms with E-state index in [2.05, 4.69) is 29.5 Å². The van der Waals surface area contributed by atoms with Gasteiger partial charge in [-0.1, -0.05) is 31.5 Å². The normalized spacial score (nSPS) is 12.4. The van der Waals surface area contributed by atoms with E-state index in [0.717, 1.165) is 55.3 Å². The van der Waals surface area contributed by atoms with E-state index in [4.69, 9.17) is 9.73 Å². The van der Waals surface area contributed by atoms with Crippen LogP contribution in [0.25, 0.3) is 0 Å². The zero-order valence-corrected chi connectivity index (χ0v) is 17.6. The number of aliphatic hydroxyl groups excluding tert-OH is 1. The summed E-state index contributed by atoms with van der Waals surface area (Å²) < 4.78 is 5.85. The quantitative estimate of drug-likeness (QED) is 0.377. The molecule has 2 rings (SSSR count). The van der Waals surface area contributed by atoms with Gasteiger partial charge in [-0.3, -0.25) is 4.98 Å². The summed E-state index contributed by atoms with van der Waals surface area (Å²) in [5.74, 6) is 2.07. The molecule has 0 radical (unpaired) electrons. The Hall–Kier alpha value is -2.60. The van der Waals surface area contributed by atoms with Crippen LogP contribution in [-0.4, -0.2) is 35.7 Å². The summed E-state index contributed by atoms with van der Waals surface area (Å²) in [4.78, 5) is 8.98. The van der Waals surface area contributed by atoms with Crippen LogP contribution in [0.15, 0.2) is 53.7 Å². The maximum Gasteiger partial charge on any atom is 0.191 e. The van der Waals surface area contributed by atoms with Gasteiger partial charge < -0.3 is 20.5 Å². The average molecular weight is 399 g/mol. The highest BCUT2D eigenvalue weighted by Crippen LogP contribution is 2.15. The fourth-order valence-corrected chi connectivity index (χ4v) is 3.07. The summed E-state index contributed by atoms with van der Waals surface area (Å²) in [5.41, 5.74) is 1.99. The summed E-state index contributed by atoms with van der Waals surface area (Å²) >= 11 is 0. The standard InChI is InChI=1S/C23H34N4O2/c1-3-8-19(12-14-28)16-26-23(24-4-2)27-17-20-9-7-11-22(15-20)29-18-21-10-5-6-13-25-21/h5-7,9-11,13,15,19,28H,3-4,8,12,14,16-18H2,1-2H3,(H2,24,26,27). The number of nitrogens with one attached hydrogen (secondary N) is 2. The van der Waals surface area contributed by atoms with Crippen LogP contribution in [0.5, 0.6) is 5.75 Å². The van der Waals surface area contributed by atoms with Gasteiger partial charge in [-0.15, -0.1) is 0 Å². The maximum atomic E-state index is 9.24. The molecule has 0 bridgehead atoms. The van der Waals surface area contributed by atoms with Crippen molar-refractivity contribution in [2.24, 2.45) is 10.9 Å². The van der Waals surface area contributed by atoms with E-state index >= 15 is 0 Å². The fourth-order valence-electron chi connectivity index (χ4n) is 3.07. The van der Waals surface area contributed by atoms with Crippen LogP contribution in [-0.2, 0) is 13.2 Å². The predicted molar refractivity (Wildman–Crippen MR) is 118 cm³/mol. The Morgan fingerprint density at radius 1 is 1.14 bits per heavy atom. The van der Waals surface area contributed by atoms with Crippen molar-refractivity contribution in [2.75, 3.05) is 19.7 Å². The second-order valence-electron chi connectivity index (χ2n) is 7.00. The molecule has 0 aliphatic heterocycles. The summed E-state index contributed by atoms with van der Waals surface area (Å²) in [7, 11) is 0. The number of hydrogen-bond donors (Lipinski definition) is 3. The van der Waals surface area contributed by atoms with Crippen LogP contribution in [0.1, 0.15) is 44.4 Å². The second-order valence-corrected chi connectivity index (χ2v) is 7.00. The smallest absolute Gasteiger partial charge is 0.191 e. The molecule has 29 heavy (non-hydrogen) atoms. The number of rotatable bonds is 12. The zero-order valence-electron chi connectivity index (χ0n) is 17.6. The maximum absolute atomic E-state index is 9.24. The SMILES string of the molecule is CCCC(CCO)CNC(=NCc1cccc(OCc2ccccn2)c1)NCC. The Morgan fingerprint density at radius 2 is 2.03 bits per heavy atom. The average Bonchev–Trinajstić information content (AvgIpc) is 2.75. The molecule has 0 amide bonds. The lowest BCUT2D eigenvalue weighted by molar-refractivity contribution is 0.251. The van der Waals surface area contributed by atoms with Crippen LogP contribution in [0.2, 0.25) is 0 Å². The first-order valence-corrected chi connectivity index (χ1v) is 10.5. The second kappa shape index (κ2) is 13.6. The minimum absolute atomic E-state index is 0.228. The van der Waals surface area contributed by atoms with Crippen LogP contribution < -0.4 is 15.4 Å². The Morgan fingerprint density at radius 3 is 2.76 bits per heavy atom. The van der Waals surface area contributed by atoms with Crippen LogP contribution in [0.3, 0.4) is 0 Å². The zero-order chi connectivity index (χ0) is 20.7. The molecule has 0 saturated carbocycles. The van der Waals surface area contributed by atoms with E-state index in [0.29, 0.717) is 19.1 Å². The Bertz CT molecular complexity index is 716. The number of guanidine groups is 1. The number of aromatic nitrogens is 1. The van der Waals surface area contributed by atoms with Gasteiger partial charge >= 0.3 is 0 Å². The molecule has 0 fully saturated rings. The highest BCUT2D eigenvalue weighted by Gasteiger charge is 2.08. The number of ether oxygens (including phenoxy) is 1. The molecule has 0 spiro atoms. The largest absolute Gasteiger partial charge is 0.487 e. The number of aliphatic hydroxyl groups is 1. The molecular weight excluding hydrogens is 364 g/mol. The highest BCUT2D eigenvalue weighted by molar-refractivity contribution is 5.79. The lowest BCUT2D eigenvalue weighted by Gasteiger charge is -2.18. The van der Waals surface area contributed by atoms with Gasteiger partial charge in [0.2, 0.25) is 0 Å². The van der Waals surface area contributed by atoms with Crippen molar-refractivity contribution in [1.82, 2.24) is 15.6 Å². The molecular formula is C23H34N4O2. The van der Waals surface area contributed by atoms with E-state index in [1.807, 2.05) is 42.5 Å². The van der Waals surface area contributed by atoms with Gasteiger partial charge in [0.1, 0.15) is 12.4 Å². The molecule has 6 nitrogen and oxygen atoms in total. The van der Waals surface area contributed by atoms with Gasteiger partial charge in [-0.25, -0.2) is 4.99 Å². The molecule has 1 atom stereocenters. The number of aliphatic imine (C=N–C) groups is 1. The molecule has 0 aliphatic rings. The van der Waals surface area contributed by atoms with Crippen LogP contribution in [0, 0.1) is 5.92 Å². The third-order valence-electron chi connectivity index (χ3n) is 4.57. The monoisotopic (exact) mass is 398 g/mol. The summed E-state index contributed by atoms with van der Waals surface area (Å²) in [5, 5.41) is 15.9. The van der Waals surface area contributed by atoms with Crippen LogP contribution in [0.4, 0.5) is 0 Å². The molecule has 2 aromatic rings. The van der Waals surface area contributed by atoms with Crippen molar-refractivity contribution >= 4 is 5.96 Å². The van der Waals surface area contributed by atoms with Gasteiger partial charge in [0.15, 0.2) is 5.96 Å². The molecule has 1 unspecified atom stereocenters. The number of benzene rings is 1. The molecule has 3 N–H and O–H groups in total. The van der Waals surface area contributed by atoms with Gasteiger partial charge in [-0.05, 0) is 55.5 Å². The number of hydrogen-bond acceptors (Lipinski definition) is 4. The lowest BCUT2D eigenvalue weighted by atomic mass is 10.0. The Balaban J connectivity index is 1.92. The van der Waals surface area contributed by atoms with Crippen molar-refractivity contribution in [2.45, 2.75) is 46.3 Å². The van der Waals surface area contributed by atoms with Crippen molar-refractivity contribution in [3.8, 4) is 5.75 Å². The lowest BCUT2D eigenvalue weighted by Crippen LogP contribution is -2.40. The first kappa shape index (κ1) is 22.7. The van der Waals surface area contributed by atoms with E-state index in [1.165, 1.54) is 0 Å². The van der Waals surface area contributed by atoms with Gasteiger partial charge in [-0.2, -0.15) is 0 Å². The number of pyridine rings is 1. The first-order chi connectivity index (χ1) is 14.2. The highest BCUT2D eigenvalue weighted by atomic mass is 16.5. The molecule has 1 heterocycles. The minimum Gasteiger partial charge on any atom is -0.487 e. The van der Waals surface area contributed by atoms with Crippen molar-refractivity contribution in [3.05, 3.63) is 59.9 Å². The summed E-state index contributed by atoms with van der Waals surface area (Å²) in [6.07, 6.45) is 4.80. The predicted octanol–water partition coefficient (Wildman–Crippen LogP) is 3.51. The molecule has 1 aromatic carbocycles. The summed E-state index contributed by atoms with van der Waals surface area (Å²) in [6, 6.07) is 13.8. The van der Waals surface area contributed by atoms with Gasteiger partial charge in [0.05, 0.1) is 12.2 Å². The van der Waals surface area contributed by atoms with Crippen LogP contribution >= 0.6 is 0 Å². The van der Waals surface area contributed by atoms with E-state index in [9.17, 15) is 5.11 Å². The Kier molecular flexibility index (Phi) is 10.6. The fraction of sp³-hybridized carbons (Fsp3) is 0.478. The topological polar surface area (TPSA) is 78.8 Å². The molecule has 0 saturated heterocycles. The minimum atomic E-state index is 0.228. The first-order valence-electron chi connectivity index (χ1n) is 10.5. The third kappa shape index (κ3) is 8.96. The van der Waals surface area contributed by atoms with E-state index in [1.54, 1.807) is 6.20 Å². The molecule has 158 valence electrons. The molecule has 6 heteroatoms. The van der Waals surface area contributed by atoms with Crippen molar-refractivity contribution < 1.29 is 9.84 Å².